The van der Waals surface area contributed by atoms with Crippen molar-refractivity contribution in [2.24, 2.45) is 0 Å². The fraction of sp³-hybridized carbons (Fsp3) is 0.286. The summed E-state index contributed by atoms with van der Waals surface area (Å²) in [5.74, 6) is 0.697. The number of benzene rings is 1. The number of anilines is 2. The normalized spacial score (nSPS) is 14.6. The lowest BCUT2D eigenvalue weighted by molar-refractivity contribution is -0.118. The smallest absolute Gasteiger partial charge is 0.227 e. The molecule has 5 heteroatoms. The summed E-state index contributed by atoms with van der Waals surface area (Å²) in [5, 5.41) is 6.98. The Morgan fingerprint density at radius 3 is 2.84 bits per heavy atom. The lowest BCUT2D eigenvalue weighted by Crippen LogP contribution is -2.30. The molecule has 98 valence electrons. The van der Waals surface area contributed by atoms with Gasteiger partial charge in [-0.15, -0.1) is 0 Å². The number of H-pyrrole nitrogens is 1. The Bertz CT molecular complexity index is 659. The van der Waals surface area contributed by atoms with Gasteiger partial charge in [0.25, 0.3) is 0 Å². The largest absolute Gasteiger partial charge is 0.382 e. The zero-order chi connectivity index (χ0) is 13.6. The molecule has 0 saturated carbocycles. The number of aryl methyl sites for hydroxylation is 1. The van der Waals surface area contributed by atoms with Crippen LogP contribution in [0.25, 0.3) is 11.3 Å². The third-order valence-corrected chi connectivity index (χ3v) is 3.76. The number of aromatic nitrogens is 2. The molecule has 2 heterocycles. The topological polar surface area (TPSA) is 75.0 Å². The van der Waals surface area contributed by atoms with Gasteiger partial charge >= 0.3 is 0 Å². The van der Waals surface area contributed by atoms with Crippen molar-refractivity contribution in [3.05, 3.63) is 29.3 Å². The second kappa shape index (κ2) is 4.12. The van der Waals surface area contributed by atoms with E-state index in [1.165, 1.54) is 5.56 Å². The molecule has 2 aromatic rings. The molecule has 3 rings (SSSR count). The molecular weight excluding hydrogens is 240 g/mol. The van der Waals surface area contributed by atoms with E-state index >= 15 is 0 Å². The van der Waals surface area contributed by atoms with E-state index in [0.717, 1.165) is 28.9 Å². The number of hydrogen-bond acceptors (Lipinski definition) is 3. The first-order valence-corrected chi connectivity index (χ1v) is 6.28. The van der Waals surface area contributed by atoms with E-state index in [-0.39, 0.29) is 5.91 Å². The quantitative estimate of drug-likeness (QED) is 0.818. The van der Waals surface area contributed by atoms with Crippen molar-refractivity contribution in [3.63, 3.8) is 0 Å². The molecule has 1 aromatic heterocycles. The van der Waals surface area contributed by atoms with E-state index in [1.807, 2.05) is 26.1 Å². The number of carbonyl (C=O) groups excluding carboxylic acids is 1. The zero-order valence-corrected chi connectivity index (χ0v) is 11.0. The summed E-state index contributed by atoms with van der Waals surface area (Å²) in [5.41, 5.74) is 10.9. The van der Waals surface area contributed by atoms with Crippen molar-refractivity contribution in [1.29, 1.82) is 0 Å². The molecule has 3 N–H and O–H groups in total. The van der Waals surface area contributed by atoms with Crippen LogP contribution in [0.3, 0.4) is 0 Å². The summed E-state index contributed by atoms with van der Waals surface area (Å²) in [6, 6.07) is 6.09. The summed E-state index contributed by atoms with van der Waals surface area (Å²) in [6.45, 7) is 1.95. The highest BCUT2D eigenvalue weighted by atomic mass is 16.2. The molecule has 0 radical (unpaired) electrons. The average molecular weight is 256 g/mol. The highest BCUT2D eigenvalue weighted by Crippen LogP contribution is 2.32. The number of amides is 1. The van der Waals surface area contributed by atoms with Crippen LogP contribution in [-0.2, 0) is 11.2 Å². The van der Waals surface area contributed by atoms with Crippen LogP contribution in [-0.4, -0.2) is 23.2 Å². The number of rotatable bonds is 1. The van der Waals surface area contributed by atoms with Crippen molar-refractivity contribution in [3.8, 4) is 11.3 Å². The summed E-state index contributed by atoms with van der Waals surface area (Å²) >= 11 is 0. The summed E-state index contributed by atoms with van der Waals surface area (Å²) in [7, 11) is 1.82. The minimum absolute atomic E-state index is 0.169. The molecule has 1 aliphatic rings. The molecule has 0 saturated heterocycles. The van der Waals surface area contributed by atoms with Gasteiger partial charge in [-0.05, 0) is 31.0 Å². The molecule has 1 aliphatic heterocycles. The lowest BCUT2D eigenvalue weighted by Gasteiger charge is -2.26. The fourth-order valence-corrected chi connectivity index (χ4v) is 2.51. The molecule has 19 heavy (non-hydrogen) atoms. The van der Waals surface area contributed by atoms with E-state index < -0.39 is 0 Å². The van der Waals surface area contributed by atoms with E-state index in [0.29, 0.717) is 12.2 Å². The number of nitrogens with one attached hydrogen (secondary N) is 1. The van der Waals surface area contributed by atoms with Gasteiger partial charge in [0.05, 0.1) is 5.69 Å². The first-order chi connectivity index (χ1) is 9.08. The maximum atomic E-state index is 11.7. The van der Waals surface area contributed by atoms with Gasteiger partial charge in [0.2, 0.25) is 5.91 Å². The van der Waals surface area contributed by atoms with Crippen molar-refractivity contribution >= 4 is 17.4 Å². The van der Waals surface area contributed by atoms with Crippen molar-refractivity contribution in [2.45, 2.75) is 19.8 Å². The number of fused-ring (bicyclic) bond motifs is 1. The Hall–Kier alpha value is -2.30. The first-order valence-electron chi connectivity index (χ1n) is 6.28. The van der Waals surface area contributed by atoms with Gasteiger partial charge in [-0.2, -0.15) is 5.10 Å². The molecular formula is C14H16N4O. The Morgan fingerprint density at radius 2 is 2.16 bits per heavy atom. The number of aromatic amines is 1. The monoisotopic (exact) mass is 256 g/mol. The molecule has 0 fully saturated rings. The zero-order valence-electron chi connectivity index (χ0n) is 11.0. The van der Waals surface area contributed by atoms with Gasteiger partial charge < -0.3 is 10.6 Å². The second-order valence-electron chi connectivity index (χ2n) is 4.91. The second-order valence-corrected chi connectivity index (χ2v) is 4.91. The molecule has 0 bridgehead atoms. The average Bonchev–Trinajstić information content (AvgIpc) is 2.74. The molecule has 0 atom stereocenters. The third-order valence-electron chi connectivity index (χ3n) is 3.76. The van der Waals surface area contributed by atoms with Crippen LogP contribution in [0.2, 0.25) is 0 Å². The molecule has 1 amide bonds. The highest BCUT2D eigenvalue weighted by molar-refractivity contribution is 5.96. The molecule has 1 aromatic carbocycles. The maximum absolute atomic E-state index is 11.7. The standard InChI is InChI=1S/C14H16N4O/c1-8-13(16-17-14(8)15)10-3-5-11-9(7-10)4-6-12(19)18(11)2/h3,5,7H,4,6H2,1-2H3,(H3,15,16,17). The number of nitrogens with zero attached hydrogens (tertiary/aromatic N) is 2. The van der Waals surface area contributed by atoms with Gasteiger partial charge in [-0.25, -0.2) is 0 Å². The minimum Gasteiger partial charge on any atom is -0.382 e. The van der Waals surface area contributed by atoms with Crippen LogP contribution >= 0.6 is 0 Å². The van der Waals surface area contributed by atoms with Crippen LogP contribution < -0.4 is 10.6 Å². The van der Waals surface area contributed by atoms with Crippen molar-refractivity contribution < 1.29 is 4.79 Å². The van der Waals surface area contributed by atoms with Crippen molar-refractivity contribution in [2.75, 3.05) is 17.7 Å². The van der Waals surface area contributed by atoms with Crippen LogP contribution in [0.4, 0.5) is 11.5 Å². The third kappa shape index (κ3) is 1.78. The van der Waals surface area contributed by atoms with E-state index in [1.54, 1.807) is 4.90 Å². The predicted molar refractivity (Wildman–Crippen MR) is 74.9 cm³/mol. The Kier molecular flexibility index (Phi) is 2.55. The molecule has 5 nitrogen and oxygen atoms in total. The van der Waals surface area contributed by atoms with Gasteiger partial charge in [-0.1, -0.05) is 6.07 Å². The van der Waals surface area contributed by atoms with E-state index in [2.05, 4.69) is 16.3 Å². The maximum Gasteiger partial charge on any atom is 0.227 e. The minimum atomic E-state index is 0.169. The molecule has 0 unspecified atom stereocenters. The Morgan fingerprint density at radius 1 is 1.37 bits per heavy atom. The molecule has 0 aliphatic carbocycles. The van der Waals surface area contributed by atoms with Crippen LogP contribution in [0, 0.1) is 6.92 Å². The SMILES string of the molecule is Cc1c(N)n[nH]c1-c1ccc2c(c1)CCC(=O)N2C. The van der Waals surface area contributed by atoms with Gasteiger partial charge in [0.15, 0.2) is 0 Å². The van der Waals surface area contributed by atoms with Crippen LogP contribution in [0.5, 0.6) is 0 Å². The van der Waals surface area contributed by atoms with E-state index in [9.17, 15) is 4.79 Å². The number of nitrogen functional groups attached to an aromatic ring is 1. The van der Waals surface area contributed by atoms with Gasteiger partial charge in [0, 0.05) is 30.3 Å². The van der Waals surface area contributed by atoms with Gasteiger partial charge in [-0.3, -0.25) is 9.89 Å². The van der Waals surface area contributed by atoms with E-state index in [4.69, 9.17) is 5.73 Å². The highest BCUT2D eigenvalue weighted by Gasteiger charge is 2.21. The summed E-state index contributed by atoms with van der Waals surface area (Å²) < 4.78 is 0. The fourth-order valence-electron chi connectivity index (χ4n) is 2.51. The number of nitrogens with two attached hydrogens (primary N) is 1. The summed E-state index contributed by atoms with van der Waals surface area (Å²) in [4.78, 5) is 13.4. The predicted octanol–water partition coefficient (Wildman–Crippen LogP) is 1.88. The first kappa shape index (κ1) is 11.8. The summed E-state index contributed by atoms with van der Waals surface area (Å²) in [6.07, 6.45) is 1.35. The number of carbonyl (C=O) groups is 1. The van der Waals surface area contributed by atoms with Crippen LogP contribution in [0.15, 0.2) is 18.2 Å². The Balaban J connectivity index is 2.07. The van der Waals surface area contributed by atoms with Gasteiger partial charge in [0.1, 0.15) is 5.82 Å². The lowest BCUT2D eigenvalue weighted by atomic mass is 9.97. The molecule has 0 spiro atoms. The number of hydrogen-bond donors (Lipinski definition) is 2. The Labute approximate surface area is 111 Å². The van der Waals surface area contributed by atoms with Crippen LogP contribution in [0.1, 0.15) is 17.5 Å². The van der Waals surface area contributed by atoms with Crippen molar-refractivity contribution in [1.82, 2.24) is 10.2 Å².